The number of aliphatic hydroxyl groups excluding tert-OH is 1. The molecule has 0 aromatic heterocycles. The number of nitrogens with one attached hydrogen (secondary N) is 1. The Bertz CT molecular complexity index is 1580. The minimum atomic E-state index is -4.28. The molecular formula is C31H39F2N3O6S2. The molecule has 1 aliphatic heterocycles. The maximum atomic E-state index is 13.9. The van der Waals surface area contributed by atoms with Gasteiger partial charge in [0.25, 0.3) is 5.91 Å². The Morgan fingerprint density at radius 1 is 1.05 bits per heavy atom. The highest BCUT2D eigenvalue weighted by Gasteiger charge is 2.32. The Balaban J connectivity index is 1.57. The summed E-state index contributed by atoms with van der Waals surface area (Å²) in [7, 11) is -4.09. The number of sulfonamides is 1. The number of hydrogen-bond acceptors (Lipinski definition) is 7. The quantitative estimate of drug-likeness (QED) is 0.228. The summed E-state index contributed by atoms with van der Waals surface area (Å²) in [6, 6.07) is 13.9. The average molecular weight is 652 g/mol. The maximum Gasteiger partial charge on any atom is 0.253 e. The van der Waals surface area contributed by atoms with Crippen LogP contribution in [0, 0.1) is 11.6 Å². The number of rotatable bonds is 12. The average Bonchev–Trinajstić information content (AvgIpc) is 2.96. The van der Waals surface area contributed by atoms with E-state index in [1.807, 2.05) is 25.1 Å². The zero-order valence-electron chi connectivity index (χ0n) is 24.9. The zero-order chi connectivity index (χ0) is 32.2. The lowest BCUT2D eigenvalue weighted by Crippen LogP contribution is -2.44. The van der Waals surface area contributed by atoms with Gasteiger partial charge in [0.15, 0.2) is 0 Å². The molecule has 3 aromatic carbocycles. The summed E-state index contributed by atoms with van der Waals surface area (Å²) < 4.78 is 77.5. The second kappa shape index (κ2) is 14.0. The monoisotopic (exact) mass is 651 g/mol. The lowest BCUT2D eigenvalue weighted by Gasteiger charge is -2.42. The number of aryl methyl sites for hydroxylation is 1. The standard InChI is InChI=1S/C31H39F2N3O6S2/c1-4-21-8-9-24-19-43(39,40)20-30(29(24)14-21)34-17-27(37)18-36(11-10-22-12-25(32)16-26(33)13-22)44(41,42)28-7-5-6-23(15-28)31(38)35(2)3/h5-9,12-16,27,30,34,37,39-40H,4,10-11,17-20H2,1-3H3/t27-,30+/m1/s1. The highest BCUT2D eigenvalue weighted by Crippen LogP contribution is 2.50. The number of carbonyl (C=O) groups is 1. The first-order valence-corrected chi connectivity index (χ1v) is 17.5. The molecule has 9 nitrogen and oxygen atoms in total. The van der Waals surface area contributed by atoms with Crippen molar-refractivity contribution in [2.75, 3.05) is 39.5 Å². The number of halogens is 2. The normalized spacial score (nSPS) is 17.6. The second-order valence-corrected chi connectivity index (χ2v) is 15.4. The van der Waals surface area contributed by atoms with E-state index in [4.69, 9.17) is 0 Å². The highest BCUT2D eigenvalue weighted by atomic mass is 32.3. The smallest absolute Gasteiger partial charge is 0.253 e. The molecule has 240 valence electrons. The molecule has 4 rings (SSSR count). The van der Waals surface area contributed by atoms with Gasteiger partial charge in [-0.2, -0.15) is 14.9 Å². The second-order valence-electron chi connectivity index (χ2n) is 11.2. The van der Waals surface area contributed by atoms with Crippen molar-refractivity contribution in [1.82, 2.24) is 14.5 Å². The van der Waals surface area contributed by atoms with Crippen LogP contribution in [0.4, 0.5) is 8.78 Å². The first-order chi connectivity index (χ1) is 20.7. The Kier molecular flexibility index (Phi) is 10.8. The summed E-state index contributed by atoms with van der Waals surface area (Å²) in [5, 5.41) is 14.3. The van der Waals surface area contributed by atoms with Crippen LogP contribution in [0.25, 0.3) is 0 Å². The number of amides is 1. The Morgan fingerprint density at radius 3 is 2.41 bits per heavy atom. The van der Waals surface area contributed by atoms with Gasteiger partial charge < -0.3 is 15.3 Å². The van der Waals surface area contributed by atoms with E-state index in [-0.39, 0.29) is 53.6 Å². The van der Waals surface area contributed by atoms with Crippen LogP contribution in [0.2, 0.25) is 0 Å². The molecule has 0 fully saturated rings. The van der Waals surface area contributed by atoms with Crippen molar-refractivity contribution in [3.8, 4) is 0 Å². The molecule has 3 aromatic rings. The van der Waals surface area contributed by atoms with Gasteiger partial charge in [-0.1, -0.05) is 31.2 Å². The lowest BCUT2D eigenvalue weighted by molar-refractivity contribution is 0.0827. The zero-order valence-corrected chi connectivity index (χ0v) is 26.5. The summed E-state index contributed by atoms with van der Waals surface area (Å²) in [5.74, 6) is -1.77. The minimum absolute atomic E-state index is 0.0406. The molecule has 0 unspecified atom stereocenters. The van der Waals surface area contributed by atoms with Gasteiger partial charge in [0.05, 0.1) is 28.5 Å². The third-order valence-corrected chi connectivity index (χ3v) is 11.0. The first kappa shape index (κ1) is 34.0. The van der Waals surface area contributed by atoms with Gasteiger partial charge in [0, 0.05) is 45.4 Å². The fraction of sp³-hybridized carbons (Fsp3) is 0.387. The SMILES string of the molecule is CCc1ccc2c(c1)[C@@H](NC[C@@H](O)CN(CCc1cc(F)cc(F)c1)S(=O)(=O)c1cccc(C(=O)N(C)C)c1)CS(O)(O)C2. The van der Waals surface area contributed by atoms with Gasteiger partial charge in [-0.15, -0.1) is 0 Å². The van der Waals surface area contributed by atoms with Crippen molar-refractivity contribution in [1.29, 1.82) is 0 Å². The molecule has 0 bridgehead atoms. The summed E-state index contributed by atoms with van der Waals surface area (Å²) in [6.45, 7) is 1.37. The Labute approximate surface area is 258 Å². The fourth-order valence-corrected chi connectivity index (χ4v) is 8.48. The van der Waals surface area contributed by atoms with Gasteiger partial charge in [-0.3, -0.25) is 13.9 Å². The van der Waals surface area contributed by atoms with E-state index in [0.717, 1.165) is 45.6 Å². The van der Waals surface area contributed by atoms with E-state index in [2.05, 4.69) is 5.32 Å². The molecule has 1 amide bonds. The first-order valence-electron chi connectivity index (χ1n) is 14.2. The van der Waals surface area contributed by atoms with E-state index in [1.165, 1.54) is 29.2 Å². The van der Waals surface area contributed by atoms with Gasteiger partial charge in [0.2, 0.25) is 10.0 Å². The number of benzene rings is 3. The predicted octanol–water partition coefficient (Wildman–Crippen LogP) is 4.42. The van der Waals surface area contributed by atoms with E-state index in [9.17, 15) is 36.2 Å². The molecule has 0 aliphatic carbocycles. The largest absolute Gasteiger partial charge is 0.390 e. The van der Waals surface area contributed by atoms with Crippen molar-refractivity contribution in [2.24, 2.45) is 0 Å². The molecule has 4 N–H and O–H groups in total. The molecule has 2 atom stereocenters. The lowest BCUT2D eigenvalue weighted by atomic mass is 9.98. The number of hydrogen-bond donors (Lipinski definition) is 4. The van der Waals surface area contributed by atoms with Crippen LogP contribution in [-0.4, -0.2) is 83.3 Å². The molecule has 0 spiro atoms. The van der Waals surface area contributed by atoms with Crippen LogP contribution in [-0.2, 0) is 28.6 Å². The molecule has 44 heavy (non-hydrogen) atoms. The van der Waals surface area contributed by atoms with Crippen molar-refractivity contribution < 1.29 is 36.2 Å². The Hall–Kier alpha value is -2.91. The topological polar surface area (TPSA) is 130 Å². The van der Waals surface area contributed by atoms with Crippen molar-refractivity contribution in [3.05, 3.63) is 100 Å². The molecule has 0 saturated carbocycles. The van der Waals surface area contributed by atoms with E-state index in [1.54, 1.807) is 14.1 Å². The number of carbonyl (C=O) groups excluding carboxylic acids is 1. The van der Waals surface area contributed by atoms with Crippen LogP contribution in [0.3, 0.4) is 0 Å². The predicted molar refractivity (Wildman–Crippen MR) is 167 cm³/mol. The van der Waals surface area contributed by atoms with Crippen LogP contribution >= 0.6 is 10.6 Å². The van der Waals surface area contributed by atoms with Crippen LogP contribution in [0.5, 0.6) is 0 Å². The molecule has 13 heteroatoms. The fourth-order valence-electron chi connectivity index (χ4n) is 5.25. The molecular weight excluding hydrogens is 612 g/mol. The molecule has 1 aliphatic rings. The third kappa shape index (κ3) is 8.42. The van der Waals surface area contributed by atoms with Crippen molar-refractivity contribution in [3.63, 3.8) is 0 Å². The maximum absolute atomic E-state index is 13.9. The Morgan fingerprint density at radius 2 is 1.75 bits per heavy atom. The van der Waals surface area contributed by atoms with E-state index < -0.39 is 50.3 Å². The van der Waals surface area contributed by atoms with Crippen LogP contribution in [0.1, 0.15) is 45.6 Å². The summed E-state index contributed by atoms with van der Waals surface area (Å²) in [4.78, 5) is 13.7. The highest BCUT2D eigenvalue weighted by molar-refractivity contribution is 8.23. The number of aliphatic hydroxyl groups is 1. The van der Waals surface area contributed by atoms with Crippen molar-refractivity contribution >= 4 is 26.5 Å². The van der Waals surface area contributed by atoms with Crippen LogP contribution in [0.15, 0.2) is 65.6 Å². The molecule has 0 radical (unpaired) electrons. The summed E-state index contributed by atoms with van der Waals surface area (Å²) in [6.07, 6.45) is -0.481. The van der Waals surface area contributed by atoms with Gasteiger partial charge in [-0.05, 0) is 65.4 Å². The van der Waals surface area contributed by atoms with Gasteiger partial charge >= 0.3 is 0 Å². The van der Waals surface area contributed by atoms with E-state index in [0.29, 0.717) is 0 Å². The minimum Gasteiger partial charge on any atom is -0.390 e. The van der Waals surface area contributed by atoms with Crippen LogP contribution < -0.4 is 5.32 Å². The van der Waals surface area contributed by atoms with E-state index >= 15 is 0 Å². The van der Waals surface area contributed by atoms with Gasteiger partial charge in [-0.25, -0.2) is 17.2 Å². The summed E-state index contributed by atoms with van der Waals surface area (Å²) >= 11 is 0. The molecule has 0 saturated heterocycles. The number of fused-ring (bicyclic) bond motifs is 1. The summed E-state index contributed by atoms with van der Waals surface area (Å²) in [5.41, 5.74) is 3.19. The number of nitrogens with zero attached hydrogens (tertiary/aromatic N) is 2. The van der Waals surface area contributed by atoms with Crippen molar-refractivity contribution in [2.45, 2.75) is 42.6 Å². The molecule has 1 heterocycles. The third-order valence-electron chi connectivity index (χ3n) is 7.53. The van der Waals surface area contributed by atoms with Gasteiger partial charge in [0.1, 0.15) is 11.6 Å².